The fourth-order valence-corrected chi connectivity index (χ4v) is 5.11. The fraction of sp³-hybridized carbons (Fsp3) is 0.281. The molecule has 2 amide bonds. The number of amides is 2. The standard InChI is InChI=1S/C32H33ClN4O4/c1-32(2,22-7-5-4-6-8-22)36-30(39)21-9-12-24(13-10-21)34-19-29(38)37-16-15-25(20-37)41-31-27-17-23(33)11-14-26(27)28(40-3)18-35-31/h4-14,17-18,25,34H,15-16,19-20H2,1-3H3,(H,36,39)/t25-/m1/s1. The SMILES string of the molecule is COc1cnc(O[C@@H]2CCN(C(=O)CNc3ccc(C(=O)NC(C)(C)c4ccccc4)cc3)C2)c2cc(Cl)ccc12. The average Bonchev–Trinajstić information content (AvgIpc) is 3.45. The van der Waals surface area contributed by atoms with Gasteiger partial charge in [0.05, 0.1) is 31.9 Å². The number of methoxy groups -OCH3 is 1. The number of hydrogen-bond acceptors (Lipinski definition) is 6. The lowest BCUT2D eigenvalue weighted by Gasteiger charge is -2.27. The number of fused-ring (bicyclic) bond motifs is 1. The van der Waals surface area contributed by atoms with E-state index in [2.05, 4.69) is 15.6 Å². The molecule has 9 heteroatoms. The van der Waals surface area contributed by atoms with Crippen molar-refractivity contribution in [2.45, 2.75) is 31.9 Å². The summed E-state index contributed by atoms with van der Waals surface area (Å²) in [5.74, 6) is 0.920. The largest absolute Gasteiger partial charge is 0.494 e. The number of nitrogens with one attached hydrogen (secondary N) is 2. The highest BCUT2D eigenvalue weighted by atomic mass is 35.5. The topological polar surface area (TPSA) is 92.8 Å². The van der Waals surface area contributed by atoms with Crippen LogP contribution in [0.25, 0.3) is 10.8 Å². The zero-order chi connectivity index (χ0) is 29.0. The number of anilines is 1. The molecule has 1 fully saturated rings. The van der Waals surface area contributed by atoms with Crippen molar-refractivity contribution in [3.8, 4) is 11.6 Å². The predicted molar refractivity (Wildman–Crippen MR) is 161 cm³/mol. The number of aromatic nitrogens is 1. The van der Waals surface area contributed by atoms with E-state index in [9.17, 15) is 9.59 Å². The maximum Gasteiger partial charge on any atom is 0.251 e. The molecule has 212 valence electrons. The summed E-state index contributed by atoms with van der Waals surface area (Å²) in [6, 6.07) is 22.4. The zero-order valence-electron chi connectivity index (χ0n) is 23.3. The van der Waals surface area contributed by atoms with E-state index in [-0.39, 0.29) is 24.5 Å². The summed E-state index contributed by atoms with van der Waals surface area (Å²) in [5, 5.41) is 8.46. The first-order valence-electron chi connectivity index (χ1n) is 13.5. The van der Waals surface area contributed by atoms with Crippen molar-refractivity contribution < 1.29 is 19.1 Å². The minimum absolute atomic E-state index is 0.0295. The molecule has 0 unspecified atom stereocenters. The highest BCUT2D eigenvalue weighted by molar-refractivity contribution is 6.31. The van der Waals surface area contributed by atoms with E-state index in [1.54, 1.807) is 48.5 Å². The number of benzene rings is 3. The molecule has 0 saturated carbocycles. The van der Waals surface area contributed by atoms with Gasteiger partial charge >= 0.3 is 0 Å². The summed E-state index contributed by atoms with van der Waals surface area (Å²) >= 11 is 6.22. The third kappa shape index (κ3) is 6.55. The molecule has 3 aromatic carbocycles. The second-order valence-corrected chi connectivity index (χ2v) is 11.0. The Hall–Kier alpha value is -4.30. The first-order valence-corrected chi connectivity index (χ1v) is 13.9. The maximum absolute atomic E-state index is 12.9. The van der Waals surface area contributed by atoms with Crippen LogP contribution in [0.4, 0.5) is 5.69 Å². The summed E-state index contributed by atoms with van der Waals surface area (Å²) in [4.78, 5) is 32.0. The van der Waals surface area contributed by atoms with Gasteiger partial charge in [0.25, 0.3) is 5.91 Å². The molecule has 0 bridgehead atoms. The highest BCUT2D eigenvalue weighted by Crippen LogP contribution is 2.34. The van der Waals surface area contributed by atoms with Crippen molar-refractivity contribution in [3.63, 3.8) is 0 Å². The molecule has 41 heavy (non-hydrogen) atoms. The molecule has 1 aliphatic rings. The molecule has 1 aliphatic heterocycles. The van der Waals surface area contributed by atoms with Crippen LogP contribution in [0.2, 0.25) is 5.02 Å². The minimum Gasteiger partial charge on any atom is -0.494 e. The molecule has 5 rings (SSSR count). The first-order chi connectivity index (χ1) is 19.7. The molecule has 4 aromatic rings. The first kappa shape index (κ1) is 28.2. The number of carbonyl (C=O) groups is 2. The van der Waals surface area contributed by atoms with Crippen molar-refractivity contribution in [1.29, 1.82) is 0 Å². The monoisotopic (exact) mass is 572 g/mol. The summed E-state index contributed by atoms with van der Waals surface area (Å²) < 4.78 is 11.6. The van der Waals surface area contributed by atoms with Gasteiger partial charge < -0.3 is 25.0 Å². The normalized spacial score (nSPS) is 15.0. The highest BCUT2D eigenvalue weighted by Gasteiger charge is 2.28. The Morgan fingerprint density at radius 1 is 1.05 bits per heavy atom. The van der Waals surface area contributed by atoms with Crippen LogP contribution >= 0.6 is 11.6 Å². The van der Waals surface area contributed by atoms with Gasteiger partial charge in [0.2, 0.25) is 11.8 Å². The quantitative estimate of drug-likeness (QED) is 0.269. The summed E-state index contributed by atoms with van der Waals surface area (Å²) in [6.07, 6.45) is 2.15. The van der Waals surface area contributed by atoms with Gasteiger partial charge in [-0.05, 0) is 61.9 Å². The number of likely N-dealkylation sites (tertiary alicyclic amines) is 1. The lowest BCUT2D eigenvalue weighted by molar-refractivity contribution is -0.128. The molecule has 8 nitrogen and oxygen atoms in total. The predicted octanol–water partition coefficient (Wildman–Crippen LogP) is 5.65. The van der Waals surface area contributed by atoms with Crippen molar-refractivity contribution in [1.82, 2.24) is 15.2 Å². The van der Waals surface area contributed by atoms with E-state index in [1.165, 1.54) is 0 Å². The Kier molecular flexibility index (Phi) is 8.31. The van der Waals surface area contributed by atoms with E-state index in [1.807, 2.05) is 56.3 Å². The summed E-state index contributed by atoms with van der Waals surface area (Å²) in [7, 11) is 1.60. The number of carbonyl (C=O) groups excluding carboxylic acids is 2. The zero-order valence-corrected chi connectivity index (χ0v) is 24.1. The number of rotatable bonds is 9. The second-order valence-electron chi connectivity index (χ2n) is 10.6. The van der Waals surface area contributed by atoms with Crippen LogP contribution in [-0.2, 0) is 10.3 Å². The summed E-state index contributed by atoms with van der Waals surface area (Å²) in [6.45, 7) is 5.14. The fourth-order valence-electron chi connectivity index (χ4n) is 4.94. The van der Waals surface area contributed by atoms with Gasteiger partial charge in [-0.15, -0.1) is 0 Å². The molecular weight excluding hydrogens is 540 g/mol. The van der Waals surface area contributed by atoms with E-state index in [0.29, 0.717) is 41.7 Å². The Balaban J connectivity index is 1.13. The van der Waals surface area contributed by atoms with Crippen LogP contribution in [0, 0.1) is 0 Å². The minimum atomic E-state index is -0.511. The van der Waals surface area contributed by atoms with E-state index < -0.39 is 5.54 Å². The molecule has 1 atom stereocenters. The molecular formula is C32H33ClN4O4. The Labute approximate surface area is 244 Å². The summed E-state index contributed by atoms with van der Waals surface area (Å²) in [5.41, 5.74) is 1.82. The van der Waals surface area contributed by atoms with Crippen molar-refractivity contribution in [3.05, 3.63) is 95.1 Å². The maximum atomic E-state index is 12.9. The van der Waals surface area contributed by atoms with Crippen LogP contribution < -0.4 is 20.1 Å². The third-order valence-electron chi connectivity index (χ3n) is 7.28. The van der Waals surface area contributed by atoms with Gasteiger partial charge in [0, 0.05) is 40.0 Å². The van der Waals surface area contributed by atoms with Crippen LogP contribution in [0.5, 0.6) is 11.6 Å². The number of pyridine rings is 1. The number of ether oxygens (including phenoxy) is 2. The van der Waals surface area contributed by atoms with Gasteiger partial charge in [0.1, 0.15) is 11.9 Å². The van der Waals surface area contributed by atoms with Crippen LogP contribution in [0.1, 0.15) is 36.2 Å². The van der Waals surface area contributed by atoms with Crippen molar-refractivity contribution in [2.24, 2.45) is 0 Å². The molecule has 0 spiro atoms. The van der Waals surface area contributed by atoms with Gasteiger partial charge in [-0.25, -0.2) is 4.98 Å². The Morgan fingerprint density at radius 2 is 1.80 bits per heavy atom. The molecule has 2 heterocycles. The van der Waals surface area contributed by atoms with E-state index in [0.717, 1.165) is 22.0 Å². The number of halogens is 1. The van der Waals surface area contributed by atoms with E-state index in [4.69, 9.17) is 21.1 Å². The molecule has 1 saturated heterocycles. The lowest BCUT2D eigenvalue weighted by Crippen LogP contribution is -2.40. The molecule has 0 aliphatic carbocycles. The van der Waals surface area contributed by atoms with Gasteiger partial charge in [-0.3, -0.25) is 9.59 Å². The van der Waals surface area contributed by atoms with Crippen LogP contribution in [0.15, 0.2) is 79.0 Å². The Morgan fingerprint density at radius 3 is 2.54 bits per heavy atom. The Bertz CT molecular complexity index is 1540. The number of hydrogen-bond donors (Lipinski definition) is 2. The average molecular weight is 573 g/mol. The van der Waals surface area contributed by atoms with Gasteiger partial charge in [0.15, 0.2) is 0 Å². The molecule has 2 N–H and O–H groups in total. The van der Waals surface area contributed by atoms with Gasteiger partial charge in [-0.2, -0.15) is 0 Å². The van der Waals surface area contributed by atoms with E-state index >= 15 is 0 Å². The molecule has 0 radical (unpaired) electrons. The smallest absolute Gasteiger partial charge is 0.251 e. The molecule has 1 aromatic heterocycles. The second kappa shape index (κ2) is 12.1. The lowest BCUT2D eigenvalue weighted by atomic mass is 9.94. The van der Waals surface area contributed by atoms with Crippen molar-refractivity contribution >= 4 is 39.9 Å². The van der Waals surface area contributed by atoms with Crippen molar-refractivity contribution in [2.75, 3.05) is 32.1 Å². The third-order valence-corrected chi connectivity index (χ3v) is 7.52. The van der Waals surface area contributed by atoms with Gasteiger partial charge in [-0.1, -0.05) is 41.9 Å². The van der Waals surface area contributed by atoms with Crippen LogP contribution in [0.3, 0.4) is 0 Å². The van der Waals surface area contributed by atoms with Crippen LogP contribution in [-0.4, -0.2) is 54.5 Å². The number of nitrogens with zero attached hydrogens (tertiary/aromatic N) is 2.